The van der Waals surface area contributed by atoms with Crippen molar-refractivity contribution in [3.8, 4) is 44.5 Å². The topological polar surface area (TPSA) is 6.48 Å². The van der Waals surface area contributed by atoms with E-state index in [0.29, 0.717) is 0 Å². The lowest BCUT2D eigenvalue weighted by molar-refractivity contribution is 0.766. The van der Waals surface area contributed by atoms with Crippen LogP contribution in [0.4, 0.5) is 34.1 Å². The molecule has 1 aliphatic heterocycles. The third-order valence-electron chi connectivity index (χ3n) is 13.8. The summed E-state index contributed by atoms with van der Waals surface area (Å²) < 4.78 is 0. The molecule has 2 heteroatoms. The average molecular weight is 827 g/mol. The molecule has 0 amide bonds. The van der Waals surface area contributed by atoms with Gasteiger partial charge in [-0.3, -0.25) is 0 Å². The summed E-state index contributed by atoms with van der Waals surface area (Å²) in [5, 5.41) is 0. The van der Waals surface area contributed by atoms with Crippen LogP contribution >= 0.6 is 0 Å². The second-order valence-corrected chi connectivity index (χ2v) is 17.2. The summed E-state index contributed by atoms with van der Waals surface area (Å²) in [4.78, 5) is 4.88. The van der Waals surface area contributed by atoms with E-state index in [1.807, 2.05) is 0 Å². The Balaban J connectivity index is 1.05. The van der Waals surface area contributed by atoms with Crippen LogP contribution in [0, 0.1) is 0 Å². The lowest BCUT2D eigenvalue weighted by Crippen LogP contribution is -2.29. The molecule has 0 N–H and O–H groups in total. The van der Waals surface area contributed by atoms with Crippen molar-refractivity contribution in [2.24, 2.45) is 0 Å². The third-order valence-corrected chi connectivity index (χ3v) is 13.8. The van der Waals surface area contributed by atoms with Crippen molar-refractivity contribution in [3.63, 3.8) is 0 Å². The highest BCUT2D eigenvalue weighted by Gasteiger charge is 2.48. The standard InChI is InChI=1S/C63H42N2/c1-3-17-43(18-4-1)44-33-35-48(36-34-44)64(50-38-40-62-56(42-50)52-24-10-9-23-51(52)54-26-12-16-30-61(54)65(62)47-21-5-2-6-22-47)49-37-39-60-55(41-49)53-25-11-15-29-59(53)63(60)57-27-13-7-19-45(57)31-32-46-20-8-14-28-58(46)63/h1-42H. The number of benzene rings is 10. The van der Waals surface area contributed by atoms with Gasteiger partial charge in [0.2, 0.25) is 0 Å². The Labute approximate surface area is 380 Å². The minimum absolute atomic E-state index is 0.493. The van der Waals surface area contributed by atoms with Gasteiger partial charge in [0.1, 0.15) is 0 Å². The molecule has 0 aromatic heterocycles. The molecule has 0 saturated heterocycles. The maximum absolute atomic E-state index is 2.45. The van der Waals surface area contributed by atoms with Gasteiger partial charge in [-0.2, -0.15) is 0 Å². The maximum Gasteiger partial charge on any atom is 0.0725 e. The van der Waals surface area contributed by atoms with Gasteiger partial charge in [0.25, 0.3) is 0 Å². The number of fused-ring (bicyclic) bond motifs is 14. The van der Waals surface area contributed by atoms with E-state index < -0.39 is 5.41 Å². The molecule has 10 aromatic rings. The van der Waals surface area contributed by atoms with Gasteiger partial charge in [-0.1, -0.05) is 194 Å². The molecule has 304 valence electrons. The Morgan fingerprint density at radius 1 is 0.292 bits per heavy atom. The van der Waals surface area contributed by atoms with Crippen molar-refractivity contribution in [2.75, 3.05) is 9.80 Å². The summed E-state index contributed by atoms with van der Waals surface area (Å²) in [5.74, 6) is 0. The Kier molecular flexibility index (Phi) is 8.47. The number of rotatable bonds is 5. The van der Waals surface area contributed by atoms with Crippen LogP contribution in [0.25, 0.3) is 56.7 Å². The molecule has 0 fully saturated rings. The van der Waals surface area contributed by atoms with E-state index >= 15 is 0 Å². The second-order valence-electron chi connectivity index (χ2n) is 17.2. The minimum Gasteiger partial charge on any atom is -0.310 e. The second kappa shape index (κ2) is 14.8. The van der Waals surface area contributed by atoms with E-state index in [-0.39, 0.29) is 0 Å². The molecular formula is C63H42N2. The van der Waals surface area contributed by atoms with Gasteiger partial charge in [-0.25, -0.2) is 0 Å². The van der Waals surface area contributed by atoms with Gasteiger partial charge >= 0.3 is 0 Å². The molecule has 0 unspecified atom stereocenters. The van der Waals surface area contributed by atoms with Crippen LogP contribution in [0.3, 0.4) is 0 Å². The molecule has 13 rings (SSSR count). The van der Waals surface area contributed by atoms with Crippen molar-refractivity contribution in [1.82, 2.24) is 0 Å². The van der Waals surface area contributed by atoms with E-state index in [1.54, 1.807) is 0 Å². The molecule has 1 spiro atoms. The molecule has 65 heavy (non-hydrogen) atoms. The first kappa shape index (κ1) is 37.1. The van der Waals surface area contributed by atoms with Gasteiger partial charge < -0.3 is 9.80 Å². The SMILES string of the molecule is C1=Cc2ccccc2C2(c3ccccc31)c1ccccc1-c1cc(N(c3ccc(-c4ccccc4)cc3)c3ccc4c(c3)-c3ccccc3-c3ccccc3N4c3ccccc3)ccc12. The van der Waals surface area contributed by atoms with Crippen molar-refractivity contribution in [1.29, 1.82) is 0 Å². The summed E-state index contributed by atoms with van der Waals surface area (Å²) in [6, 6.07) is 89.5. The Morgan fingerprint density at radius 2 is 0.754 bits per heavy atom. The highest BCUT2D eigenvalue weighted by atomic mass is 15.2. The number of hydrogen-bond donors (Lipinski definition) is 0. The molecule has 0 atom stereocenters. The fourth-order valence-corrected chi connectivity index (χ4v) is 11.1. The first-order valence-corrected chi connectivity index (χ1v) is 22.5. The predicted octanol–water partition coefficient (Wildman–Crippen LogP) is 16.8. The number of para-hydroxylation sites is 2. The van der Waals surface area contributed by atoms with Gasteiger partial charge in [-0.05, 0) is 127 Å². The molecule has 0 radical (unpaired) electrons. The van der Waals surface area contributed by atoms with Gasteiger partial charge in [0, 0.05) is 33.9 Å². The van der Waals surface area contributed by atoms with Crippen molar-refractivity contribution >= 4 is 46.3 Å². The van der Waals surface area contributed by atoms with Crippen LogP contribution in [-0.2, 0) is 5.41 Å². The summed E-state index contributed by atoms with van der Waals surface area (Å²) in [6.07, 6.45) is 4.60. The van der Waals surface area contributed by atoms with Crippen LogP contribution in [0.15, 0.2) is 243 Å². The van der Waals surface area contributed by atoms with Gasteiger partial charge in [0.05, 0.1) is 16.8 Å². The van der Waals surface area contributed by atoms with Crippen molar-refractivity contribution in [2.45, 2.75) is 5.41 Å². The fourth-order valence-electron chi connectivity index (χ4n) is 11.1. The number of nitrogens with zero attached hydrogens (tertiary/aromatic N) is 2. The van der Waals surface area contributed by atoms with Crippen LogP contribution in [0.5, 0.6) is 0 Å². The van der Waals surface area contributed by atoms with E-state index in [2.05, 4.69) is 265 Å². The summed E-state index contributed by atoms with van der Waals surface area (Å²) in [6.45, 7) is 0. The molecule has 1 heterocycles. The Bertz CT molecular complexity index is 3440. The third kappa shape index (κ3) is 5.67. The smallest absolute Gasteiger partial charge is 0.0725 e. The zero-order chi connectivity index (χ0) is 42.9. The molecule has 2 aliphatic carbocycles. The molecule has 0 saturated carbocycles. The van der Waals surface area contributed by atoms with E-state index in [0.717, 1.165) is 34.1 Å². The minimum atomic E-state index is -0.493. The first-order chi connectivity index (χ1) is 32.3. The Morgan fingerprint density at radius 3 is 1.45 bits per heavy atom. The fraction of sp³-hybridized carbons (Fsp3) is 0.0159. The van der Waals surface area contributed by atoms with Gasteiger partial charge in [0.15, 0.2) is 0 Å². The quantitative estimate of drug-likeness (QED) is 0.171. The Hall–Kier alpha value is -8.46. The largest absolute Gasteiger partial charge is 0.310 e. The van der Waals surface area contributed by atoms with E-state index in [9.17, 15) is 0 Å². The normalized spacial score (nSPS) is 13.3. The highest BCUT2D eigenvalue weighted by molar-refractivity contribution is 6.04. The molecule has 0 bridgehead atoms. The van der Waals surface area contributed by atoms with Crippen molar-refractivity contribution in [3.05, 3.63) is 276 Å². The van der Waals surface area contributed by atoms with Crippen LogP contribution < -0.4 is 9.80 Å². The van der Waals surface area contributed by atoms with Crippen LogP contribution in [0.1, 0.15) is 33.4 Å². The molecular weight excluding hydrogens is 785 g/mol. The lowest BCUT2D eigenvalue weighted by atomic mass is 9.66. The monoisotopic (exact) mass is 826 g/mol. The maximum atomic E-state index is 2.45. The number of anilines is 6. The zero-order valence-corrected chi connectivity index (χ0v) is 35.6. The highest BCUT2D eigenvalue weighted by Crippen LogP contribution is 2.60. The zero-order valence-electron chi connectivity index (χ0n) is 35.6. The summed E-state index contributed by atoms with van der Waals surface area (Å²) in [7, 11) is 0. The molecule has 10 aromatic carbocycles. The number of hydrogen-bond acceptors (Lipinski definition) is 2. The lowest BCUT2D eigenvalue weighted by Gasteiger charge is -2.35. The van der Waals surface area contributed by atoms with E-state index in [4.69, 9.17) is 0 Å². The van der Waals surface area contributed by atoms with Crippen molar-refractivity contribution < 1.29 is 0 Å². The average Bonchev–Trinajstić information content (AvgIpc) is 3.49. The molecule has 3 aliphatic rings. The first-order valence-electron chi connectivity index (χ1n) is 22.5. The predicted molar refractivity (Wildman–Crippen MR) is 272 cm³/mol. The van der Waals surface area contributed by atoms with Gasteiger partial charge in [-0.15, -0.1) is 0 Å². The summed E-state index contributed by atoms with van der Waals surface area (Å²) in [5.41, 5.74) is 23.6. The van der Waals surface area contributed by atoms with Crippen LogP contribution in [0.2, 0.25) is 0 Å². The summed E-state index contributed by atoms with van der Waals surface area (Å²) >= 11 is 0. The molecule has 2 nitrogen and oxygen atoms in total. The van der Waals surface area contributed by atoms with Crippen LogP contribution in [-0.4, -0.2) is 0 Å². The van der Waals surface area contributed by atoms with E-state index in [1.165, 1.54) is 77.9 Å².